The summed E-state index contributed by atoms with van der Waals surface area (Å²) in [5.41, 5.74) is 0.925. The first kappa shape index (κ1) is 20.1. The molecule has 4 nitrogen and oxygen atoms in total. The number of carbonyl (C=O) groups is 1. The first-order valence-corrected chi connectivity index (χ1v) is 11.2. The summed E-state index contributed by atoms with van der Waals surface area (Å²) in [7, 11) is -3.12. The number of halogens is 2. The average Bonchev–Trinajstić information content (AvgIpc) is 2.50. The van der Waals surface area contributed by atoms with Gasteiger partial charge in [-0.25, -0.2) is 9.79 Å². The average molecular weight is 393 g/mol. The van der Waals surface area contributed by atoms with E-state index in [1.165, 1.54) is 6.42 Å². The first-order chi connectivity index (χ1) is 11.4. The SMILES string of the molecule is O=C(CNCc1ccc(Cl)c(Cl)c1)C[P+](O)(O)CC1CCCCC1. The Bertz CT molecular complexity index is 563. The quantitative estimate of drug-likeness (QED) is 0.583. The van der Waals surface area contributed by atoms with E-state index in [9.17, 15) is 14.6 Å². The van der Waals surface area contributed by atoms with Crippen molar-refractivity contribution in [3.8, 4) is 0 Å². The molecule has 0 radical (unpaired) electrons. The number of hydrogen-bond donors (Lipinski definition) is 3. The fourth-order valence-corrected chi connectivity index (χ4v) is 5.50. The van der Waals surface area contributed by atoms with Crippen molar-refractivity contribution < 1.29 is 14.6 Å². The van der Waals surface area contributed by atoms with E-state index in [-0.39, 0.29) is 18.5 Å². The molecule has 0 saturated heterocycles. The van der Waals surface area contributed by atoms with E-state index >= 15 is 0 Å². The lowest BCUT2D eigenvalue weighted by molar-refractivity contribution is -0.116. The van der Waals surface area contributed by atoms with Crippen LogP contribution in [0.5, 0.6) is 0 Å². The minimum atomic E-state index is -3.12. The third-order valence-electron chi connectivity index (χ3n) is 4.34. The summed E-state index contributed by atoms with van der Waals surface area (Å²) in [6.07, 6.45) is 5.91. The molecule has 0 spiro atoms. The molecule has 3 N–H and O–H groups in total. The predicted molar refractivity (Wildman–Crippen MR) is 101 cm³/mol. The third-order valence-corrected chi connectivity index (χ3v) is 7.04. The molecular formula is C17H25Cl2NO3P+. The maximum atomic E-state index is 12.0. The number of carbonyl (C=O) groups excluding carboxylic acids is 1. The van der Waals surface area contributed by atoms with Gasteiger partial charge in [-0.3, -0.25) is 4.79 Å². The van der Waals surface area contributed by atoms with Gasteiger partial charge in [0.1, 0.15) is 6.16 Å². The second-order valence-corrected chi connectivity index (χ2v) is 9.87. The van der Waals surface area contributed by atoms with Crippen molar-refractivity contribution >= 4 is 36.7 Å². The molecule has 24 heavy (non-hydrogen) atoms. The van der Waals surface area contributed by atoms with Crippen LogP contribution in [0, 0.1) is 5.92 Å². The smallest absolute Gasteiger partial charge is 0.275 e. The molecular weight excluding hydrogens is 368 g/mol. The van der Waals surface area contributed by atoms with E-state index in [1.54, 1.807) is 12.1 Å². The Morgan fingerprint density at radius 3 is 2.54 bits per heavy atom. The van der Waals surface area contributed by atoms with Gasteiger partial charge in [0.25, 0.3) is 7.72 Å². The van der Waals surface area contributed by atoms with Crippen LogP contribution >= 0.6 is 30.9 Å². The van der Waals surface area contributed by atoms with Crippen LogP contribution in [0.25, 0.3) is 0 Å². The molecule has 0 unspecified atom stereocenters. The maximum Gasteiger partial charge on any atom is 0.275 e. The van der Waals surface area contributed by atoms with Gasteiger partial charge in [0, 0.05) is 6.54 Å². The molecule has 0 aliphatic heterocycles. The highest BCUT2D eigenvalue weighted by atomic mass is 35.5. The first-order valence-electron chi connectivity index (χ1n) is 8.35. The molecule has 1 aromatic carbocycles. The molecule has 1 fully saturated rings. The minimum Gasteiger partial charge on any atom is -0.306 e. The lowest BCUT2D eigenvalue weighted by atomic mass is 9.91. The monoisotopic (exact) mass is 392 g/mol. The highest BCUT2D eigenvalue weighted by molar-refractivity contribution is 7.65. The Morgan fingerprint density at radius 1 is 1.17 bits per heavy atom. The van der Waals surface area contributed by atoms with Crippen LogP contribution < -0.4 is 5.32 Å². The standard InChI is InChI=1S/C17H25Cl2NO3P/c18-16-7-6-14(8-17(16)19)9-20-10-15(21)12-24(22,23)11-13-4-2-1-3-5-13/h6-8,13,20,22-23H,1-5,9-12H2/q+1. The molecule has 0 atom stereocenters. The van der Waals surface area contributed by atoms with Crippen molar-refractivity contribution in [2.45, 2.75) is 38.6 Å². The molecule has 0 aromatic heterocycles. The van der Waals surface area contributed by atoms with E-state index in [0.717, 1.165) is 31.2 Å². The summed E-state index contributed by atoms with van der Waals surface area (Å²) in [5, 5.41) is 3.99. The van der Waals surface area contributed by atoms with E-state index in [2.05, 4.69) is 5.32 Å². The molecule has 7 heteroatoms. The Hall–Kier alpha value is -0.220. The lowest BCUT2D eigenvalue weighted by Gasteiger charge is -2.23. The van der Waals surface area contributed by atoms with Gasteiger partial charge in [0.05, 0.1) is 16.6 Å². The number of Topliss-reactive ketones (excluding diaryl/α,β-unsaturated/α-hetero) is 1. The van der Waals surface area contributed by atoms with Crippen molar-refractivity contribution in [1.82, 2.24) is 5.32 Å². The highest BCUT2D eigenvalue weighted by Crippen LogP contribution is 2.52. The Labute approximate surface area is 154 Å². The summed E-state index contributed by atoms with van der Waals surface area (Å²) >= 11 is 11.8. The molecule has 0 bridgehead atoms. The third kappa shape index (κ3) is 6.95. The van der Waals surface area contributed by atoms with Crippen LogP contribution in [-0.4, -0.2) is 34.4 Å². The fourth-order valence-electron chi connectivity index (χ4n) is 3.18. The number of rotatable bonds is 8. The van der Waals surface area contributed by atoms with E-state index in [0.29, 0.717) is 28.7 Å². The second-order valence-electron chi connectivity index (χ2n) is 6.61. The number of nitrogens with one attached hydrogen (secondary N) is 1. The zero-order valence-corrected chi connectivity index (χ0v) is 16.1. The highest BCUT2D eigenvalue weighted by Gasteiger charge is 2.39. The van der Waals surface area contributed by atoms with Crippen molar-refractivity contribution in [2.75, 3.05) is 18.9 Å². The predicted octanol–water partition coefficient (Wildman–Crippen LogP) is 4.06. The molecule has 1 saturated carbocycles. The number of hydrogen-bond acceptors (Lipinski definition) is 4. The molecule has 1 aromatic rings. The van der Waals surface area contributed by atoms with Crippen LogP contribution in [0.3, 0.4) is 0 Å². The van der Waals surface area contributed by atoms with E-state index in [1.807, 2.05) is 6.07 Å². The summed E-state index contributed by atoms with van der Waals surface area (Å²) in [6, 6.07) is 5.30. The Balaban J connectivity index is 1.72. The molecule has 1 aliphatic rings. The van der Waals surface area contributed by atoms with Crippen molar-refractivity contribution in [3.63, 3.8) is 0 Å². The summed E-state index contributed by atoms with van der Waals surface area (Å²) in [5.74, 6) is 0.197. The Morgan fingerprint density at radius 2 is 1.88 bits per heavy atom. The van der Waals surface area contributed by atoms with Crippen molar-refractivity contribution in [1.29, 1.82) is 0 Å². The summed E-state index contributed by atoms with van der Waals surface area (Å²) in [6.45, 7) is 0.599. The summed E-state index contributed by atoms with van der Waals surface area (Å²) < 4.78 is 0. The van der Waals surface area contributed by atoms with Crippen molar-refractivity contribution in [2.24, 2.45) is 5.92 Å². The zero-order valence-electron chi connectivity index (χ0n) is 13.7. The fraction of sp³-hybridized carbons (Fsp3) is 0.588. The van der Waals surface area contributed by atoms with Gasteiger partial charge < -0.3 is 5.32 Å². The number of ketones is 1. The largest absolute Gasteiger partial charge is 0.306 e. The van der Waals surface area contributed by atoms with Crippen LogP contribution in [0.15, 0.2) is 18.2 Å². The van der Waals surface area contributed by atoms with Gasteiger partial charge in [-0.1, -0.05) is 48.5 Å². The van der Waals surface area contributed by atoms with Gasteiger partial charge in [-0.15, -0.1) is 0 Å². The van der Waals surface area contributed by atoms with E-state index < -0.39 is 7.72 Å². The van der Waals surface area contributed by atoms with Crippen LogP contribution in [0.2, 0.25) is 10.0 Å². The normalized spacial score (nSPS) is 16.3. The second kappa shape index (κ2) is 9.47. The zero-order chi connectivity index (χ0) is 17.6. The minimum absolute atomic E-state index is 0.119. The van der Waals surface area contributed by atoms with Crippen LogP contribution in [0.1, 0.15) is 37.7 Å². The van der Waals surface area contributed by atoms with Gasteiger partial charge in [-0.05, 0) is 36.5 Å². The maximum absolute atomic E-state index is 12.0. The molecule has 134 valence electrons. The van der Waals surface area contributed by atoms with Gasteiger partial charge in [-0.2, -0.15) is 0 Å². The van der Waals surface area contributed by atoms with Gasteiger partial charge >= 0.3 is 0 Å². The Kier molecular flexibility index (Phi) is 7.93. The lowest BCUT2D eigenvalue weighted by Crippen LogP contribution is -2.27. The van der Waals surface area contributed by atoms with Gasteiger partial charge in [0.2, 0.25) is 0 Å². The van der Waals surface area contributed by atoms with E-state index in [4.69, 9.17) is 23.2 Å². The topological polar surface area (TPSA) is 69.6 Å². The molecule has 1 aliphatic carbocycles. The van der Waals surface area contributed by atoms with Crippen LogP contribution in [-0.2, 0) is 11.3 Å². The molecule has 2 rings (SSSR count). The molecule has 0 heterocycles. The molecule has 0 amide bonds. The van der Waals surface area contributed by atoms with Gasteiger partial charge in [0.15, 0.2) is 11.9 Å². The van der Waals surface area contributed by atoms with Crippen LogP contribution in [0.4, 0.5) is 0 Å². The number of benzene rings is 1. The van der Waals surface area contributed by atoms with Crippen molar-refractivity contribution in [3.05, 3.63) is 33.8 Å². The summed E-state index contributed by atoms with van der Waals surface area (Å²) in [4.78, 5) is 32.4.